The lowest BCUT2D eigenvalue weighted by Gasteiger charge is -2.20. The summed E-state index contributed by atoms with van der Waals surface area (Å²) < 4.78 is 45.5. The quantitative estimate of drug-likeness (QED) is 0.798. The number of amides is 1. The molecule has 1 amide bonds. The summed E-state index contributed by atoms with van der Waals surface area (Å²) in [5, 5.41) is 2.53. The predicted molar refractivity (Wildman–Crippen MR) is 104 cm³/mol. The summed E-state index contributed by atoms with van der Waals surface area (Å²) >= 11 is 0. The van der Waals surface area contributed by atoms with Gasteiger partial charge in [-0.1, -0.05) is 18.9 Å². The highest BCUT2D eigenvalue weighted by Gasteiger charge is 2.25. The molecule has 1 N–H and O–H groups in total. The molecule has 1 aliphatic rings. The third-order valence-electron chi connectivity index (χ3n) is 4.50. The van der Waals surface area contributed by atoms with Gasteiger partial charge >= 0.3 is 0 Å². The van der Waals surface area contributed by atoms with Crippen molar-refractivity contribution in [2.24, 2.45) is 0 Å². The minimum absolute atomic E-state index is 0.214. The molecule has 3 rings (SSSR count). The van der Waals surface area contributed by atoms with Gasteiger partial charge < -0.3 is 10.1 Å². The van der Waals surface area contributed by atoms with Gasteiger partial charge in [-0.05, 0) is 55.3 Å². The molecule has 2 aromatic carbocycles. The maximum absolute atomic E-state index is 13.1. The zero-order valence-corrected chi connectivity index (χ0v) is 16.3. The van der Waals surface area contributed by atoms with Crippen molar-refractivity contribution in [2.45, 2.75) is 30.6 Å². The van der Waals surface area contributed by atoms with E-state index in [-0.39, 0.29) is 11.5 Å². The first-order valence-corrected chi connectivity index (χ1v) is 10.7. The summed E-state index contributed by atoms with van der Waals surface area (Å²) in [6, 6.07) is 11.6. The van der Waals surface area contributed by atoms with Crippen LogP contribution < -0.4 is 10.1 Å². The smallest absolute Gasteiger partial charge is 0.262 e. The van der Waals surface area contributed by atoms with E-state index in [1.165, 1.54) is 46.8 Å². The van der Waals surface area contributed by atoms with Crippen LogP contribution in [-0.4, -0.2) is 38.3 Å². The van der Waals surface area contributed by atoms with Gasteiger partial charge in [-0.3, -0.25) is 4.79 Å². The lowest BCUT2D eigenvalue weighted by molar-refractivity contribution is -0.118. The van der Waals surface area contributed by atoms with E-state index in [1.54, 1.807) is 6.07 Å². The number of hydrogen-bond acceptors (Lipinski definition) is 4. The van der Waals surface area contributed by atoms with Crippen molar-refractivity contribution in [1.29, 1.82) is 0 Å². The monoisotopic (exact) mass is 406 g/mol. The third-order valence-corrected chi connectivity index (χ3v) is 6.42. The van der Waals surface area contributed by atoms with Gasteiger partial charge in [0.2, 0.25) is 10.0 Å². The van der Waals surface area contributed by atoms with Crippen LogP contribution in [0.1, 0.15) is 25.7 Å². The summed E-state index contributed by atoms with van der Waals surface area (Å²) in [4.78, 5) is 12.1. The Morgan fingerprint density at radius 1 is 1.04 bits per heavy atom. The molecule has 0 aromatic heterocycles. The Morgan fingerprint density at radius 3 is 2.36 bits per heavy atom. The Hall–Kier alpha value is -2.45. The Morgan fingerprint density at radius 2 is 1.71 bits per heavy atom. The van der Waals surface area contributed by atoms with Gasteiger partial charge in [0, 0.05) is 18.8 Å². The van der Waals surface area contributed by atoms with E-state index in [9.17, 15) is 17.6 Å². The highest BCUT2D eigenvalue weighted by atomic mass is 32.2. The topological polar surface area (TPSA) is 75.7 Å². The molecular weight excluding hydrogens is 383 g/mol. The van der Waals surface area contributed by atoms with Crippen molar-refractivity contribution in [3.8, 4) is 5.75 Å². The molecule has 1 aliphatic heterocycles. The maximum Gasteiger partial charge on any atom is 0.262 e. The zero-order chi connectivity index (χ0) is 20.0. The third kappa shape index (κ3) is 5.30. The summed E-state index contributed by atoms with van der Waals surface area (Å²) in [6.07, 6.45) is 3.86. The van der Waals surface area contributed by atoms with Gasteiger partial charge in [-0.2, -0.15) is 4.31 Å². The fraction of sp³-hybridized carbons (Fsp3) is 0.350. The SMILES string of the molecule is O=C(COc1ccc(S(=O)(=O)N2CCCCCC2)cc1)Nc1cccc(F)c1. The van der Waals surface area contributed by atoms with E-state index in [4.69, 9.17) is 4.74 Å². The standard InChI is InChI=1S/C20H23FN2O4S/c21-16-6-5-7-17(14-16)22-20(24)15-27-18-8-10-19(11-9-18)28(25,26)23-12-3-1-2-4-13-23/h5-11,14H,1-4,12-13,15H2,(H,22,24). The Kier molecular flexibility index (Phi) is 6.64. The number of hydrogen-bond donors (Lipinski definition) is 1. The van der Waals surface area contributed by atoms with Crippen LogP contribution in [0, 0.1) is 5.82 Å². The molecule has 6 nitrogen and oxygen atoms in total. The van der Waals surface area contributed by atoms with Crippen LogP contribution in [0.15, 0.2) is 53.4 Å². The average molecular weight is 406 g/mol. The predicted octanol–water partition coefficient (Wildman–Crippen LogP) is 3.41. The summed E-state index contributed by atoms with van der Waals surface area (Å²) in [6.45, 7) is 0.816. The first kappa shape index (κ1) is 20.3. The van der Waals surface area contributed by atoms with Gasteiger partial charge in [0.1, 0.15) is 11.6 Å². The number of anilines is 1. The Bertz CT molecular complexity index is 908. The minimum atomic E-state index is -3.52. The zero-order valence-electron chi connectivity index (χ0n) is 15.4. The highest BCUT2D eigenvalue weighted by Crippen LogP contribution is 2.22. The average Bonchev–Trinajstić information content (AvgIpc) is 2.97. The summed E-state index contributed by atoms with van der Waals surface area (Å²) in [7, 11) is -3.52. The summed E-state index contributed by atoms with van der Waals surface area (Å²) in [5.74, 6) is -0.504. The number of halogens is 1. The molecule has 2 aromatic rings. The first-order chi connectivity index (χ1) is 13.4. The van der Waals surface area contributed by atoms with Gasteiger partial charge in [0.25, 0.3) is 5.91 Å². The van der Waals surface area contributed by atoms with Crippen LogP contribution in [0.3, 0.4) is 0 Å². The molecule has 0 spiro atoms. The molecule has 1 saturated heterocycles. The summed E-state index contributed by atoms with van der Waals surface area (Å²) in [5.41, 5.74) is 0.340. The second-order valence-electron chi connectivity index (χ2n) is 6.64. The van der Waals surface area contributed by atoms with E-state index in [2.05, 4.69) is 5.32 Å². The maximum atomic E-state index is 13.1. The van der Waals surface area contributed by atoms with Crippen LogP contribution in [0.5, 0.6) is 5.75 Å². The van der Waals surface area contributed by atoms with Crippen LogP contribution in [0.25, 0.3) is 0 Å². The van der Waals surface area contributed by atoms with Crippen LogP contribution in [-0.2, 0) is 14.8 Å². The fourth-order valence-corrected chi connectivity index (χ4v) is 4.57. The molecule has 0 saturated carbocycles. The number of nitrogens with one attached hydrogen (secondary N) is 1. The van der Waals surface area contributed by atoms with Crippen molar-refractivity contribution < 1.29 is 22.3 Å². The molecule has 0 radical (unpaired) electrons. The molecule has 0 aliphatic carbocycles. The lowest BCUT2D eigenvalue weighted by atomic mass is 10.2. The number of nitrogens with zero attached hydrogens (tertiary/aromatic N) is 1. The fourth-order valence-electron chi connectivity index (χ4n) is 3.05. The Labute approximate surface area is 164 Å². The van der Waals surface area contributed by atoms with Gasteiger partial charge in [0.15, 0.2) is 6.61 Å². The Balaban J connectivity index is 1.57. The van der Waals surface area contributed by atoms with Crippen molar-refractivity contribution in [3.63, 3.8) is 0 Å². The van der Waals surface area contributed by atoms with Crippen LogP contribution in [0.2, 0.25) is 0 Å². The molecule has 0 atom stereocenters. The minimum Gasteiger partial charge on any atom is -0.484 e. The van der Waals surface area contributed by atoms with Gasteiger partial charge in [0.05, 0.1) is 4.90 Å². The molecule has 1 fully saturated rings. The lowest BCUT2D eigenvalue weighted by Crippen LogP contribution is -2.31. The number of carbonyl (C=O) groups excluding carboxylic acids is 1. The van der Waals surface area contributed by atoms with Crippen molar-refractivity contribution in [2.75, 3.05) is 25.0 Å². The molecule has 0 bridgehead atoms. The van der Waals surface area contributed by atoms with Crippen molar-refractivity contribution in [3.05, 3.63) is 54.3 Å². The number of ether oxygens (including phenoxy) is 1. The molecular formula is C20H23FN2O4S. The first-order valence-electron chi connectivity index (χ1n) is 9.23. The van der Waals surface area contributed by atoms with Crippen LogP contribution >= 0.6 is 0 Å². The van der Waals surface area contributed by atoms with Crippen molar-refractivity contribution >= 4 is 21.6 Å². The van der Waals surface area contributed by atoms with Crippen molar-refractivity contribution in [1.82, 2.24) is 4.31 Å². The van der Waals surface area contributed by atoms with E-state index in [0.717, 1.165) is 25.7 Å². The van der Waals surface area contributed by atoms with E-state index in [1.807, 2.05) is 0 Å². The normalized spacial score (nSPS) is 15.6. The molecule has 1 heterocycles. The highest BCUT2D eigenvalue weighted by molar-refractivity contribution is 7.89. The number of rotatable bonds is 6. The number of carbonyl (C=O) groups is 1. The van der Waals surface area contributed by atoms with Gasteiger partial charge in [-0.15, -0.1) is 0 Å². The number of sulfonamides is 1. The van der Waals surface area contributed by atoms with Gasteiger partial charge in [-0.25, -0.2) is 12.8 Å². The molecule has 8 heteroatoms. The van der Waals surface area contributed by atoms with E-state index < -0.39 is 21.7 Å². The van der Waals surface area contributed by atoms with E-state index >= 15 is 0 Å². The van der Waals surface area contributed by atoms with E-state index in [0.29, 0.717) is 24.5 Å². The molecule has 28 heavy (non-hydrogen) atoms. The largest absolute Gasteiger partial charge is 0.484 e. The van der Waals surface area contributed by atoms with Crippen LogP contribution in [0.4, 0.5) is 10.1 Å². The molecule has 0 unspecified atom stereocenters. The number of benzene rings is 2. The second kappa shape index (κ2) is 9.16. The molecule has 150 valence electrons. The second-order valence-corrected chi connectivity index (χ2v) is 8.57.